The van der Waals surface area contributed by atoms with Crippen molar-refractivity contribution in [1.82, 2.24) is 5.43 Å². The van der Waals surface area contributed by atoms with Crippen LogP contribution in [0.3, 0.4) is 0 Å². The first-order valence-electron chi connectivity index (χ1n) is 4.89. The van der Waals surface area contributed by atoms with Gasteiger partial charge in [-0.3, -0.25) is 11.3 Å². The molecule has 1 aromatic rings. The van der Waals surface area contributed by atoms with Crippen LogP contribution in [-0.2, 0) is 0 Å². The summed E-state index contributed by atoms with van der Waals surface area (Å²) in [7, 11) is 0. The van der Waals surface area contributed by atoms with Crippen LogP contribution in [0.2, 0.25) is 0 Å². The molecule has 0 saturated carbocycles. The quantitative estimate of drug-likeness (QED) is 0.536. The number of hydrazine groups is 1. The topological polar surface area (TPSA) is 38.0 Å². The molecular weight excluding hydrogens is 160 g/mol. The summed E-state index contributed by atoms with van der Waals surface area (Å²) >= 11 is 0. The van der Waals surface area contributed by atoms with Crippen molar-refractivity contribution in [2.45, 2.75) is 32.2 Å². The molecule has 3 N–H and O–H groups in total. The van der Waals surface area contributed by atoms with E-state index >= 15 is 0 Å². The molecule has 0 aromatic heterocycles. The Morgan fingerprint density at radius 1 is 1.31 bits per heavy atom. The fraction of sp³-hybridized carbons (Fsp3) is 0.455. The molecule has 0 fully saturated rings. The van der Waals surface area contributed by atoms with Gasteiger partial charge in [-0.05, 0) is 12.0 Å². The Hall–Kier alpha value is -0.860. The van der Waals surface area contributed by atoms with Crippen molar-refractivity contribution in [2.75, 3.05) is 0 Å². The monoisotopic (exact) mass is 178 g/mol. The molecule has 72 valence electrons. The van der Waals surface area contributed by atoms with Gasteiger partial charge in [-0.25, -0.2) is 0 Å². The Bertz CT molecular complexity index is 221. The lowest BCUT2D eigenvalue weighted by Gasteiger charge is -2.15. The Morgan fingerprint density at radius 2 is 2.00 bits per heavy atom. The Balaban J connectivity index is 2.56. The lowest BCUT2D eigenvalue weighted by Crippen LogP contribution is -2.27. The van der Waals surface area contributed by atoms with Gasteiger partial charge in [0, 0.05) is 6.04 Å². The maximum Gasteiger partial charge on any atom is 0.0460 e. The van der Waals surface area contributed by atoms with Crippen molar-refractivity contribution in [1.29, 1.82) is 0 Å². The van der Waals surface area contributed by atoms with E-state index in [-0.39, 0.29) is 0 Å². The van der Waals surface area contributed by atoms with Crippen LogP contribution >= 0.6 is 0 Å². The number of hydrogen-bond donors (Lipinski definition) is 2. The predicted molar refractivity (Wildman–Crippen MR) is 56.0 cm³/mol. The molecule has 0 amide bonds. The zero-order valence-corrected chi connectivity index (χ0v) is 8.16. The zero-order valence-electron chi connectivity index (χ0n) is 8.16. The molecule has 2 heteroatoms. The Labute approximate surface area is 80.1 Å². The van der Waals surface area contributed by atoms with Crippen LogP contribution in [0.1, 0.15) is 37.8 Å². The minimum atomic E-state index is 0.307. The van der Waals surface area contributed by atoms with Gasteiger partial charge in [0.1, 0.15) is 0 Å². The first-order valence-corrected chi connectivity index (χ1v) is 4.89. The standard InChI is InChI=1S/C11H18N2/c1-2-3-9-11(13-12)10-7-5-4-6-8-10/h4-8,11,13H,2-3,9,12H2,1H3. The fourth-order valence-corrected chi connectivity index (χ4v) is 1.44. The molecule has 1 aromatic carbocycles. The summed E-state index contributed by atoms with van der Waals surface area (Å²) in [6, 6.07) is 10.6. The first-order chi connectivity index (χ1) is 6.38. The number of benzene rings is 1. The predicted octanol–water partition coefficient (Wildman–Crippen LogP) is 2.38. The van der Waals surface area contributed by atoms with Crippen molar-refractivity contribution < 1.29 is 0 Å². The zero-order chi connectivity index (χ0) is 9.52. The lowest BCUT2D eigenvalue weighted by atomic mass is 10.0. The summed E-state index contributed by atoms with van der Waals surface area (Å²) in [5.41, 5.74) is 4.13. The molecule has 0 aliphatic carbocycles. The second-order valence-corrected chi connectivity index (χ2v) is 3.27. The summed E-state index contributed by atoms with van der Waals surface area (Å²) in [5.74, 6) is 5.50. The molecule has 1 unspecified atom stereocenters. The normalized spacial score (nSPS) is 12.8. The highest BCUT2D eigenvalue weighted by atomic mass is 15.2. The molecule has 0 spiro atoms. The highest BCUT2D eigenvalue weighted by Gasteiger charge is 2.06. The highest BCUT2D eigenvalue weighted by Crippen LogP contribution is 2.17. The number of rotatable bonds is 5. The number of nitrogens with two attached hydrogens (primary N) is 1. The van der Waals surface area contributed by atoms with E-state index in [9.17, 15) is 0 Å². The minimum absolute atomic E-state index is 0.307. The van der Waals surface area contributed by atoms with Gasteiger partial charge >= 0.3 is 0 Å². The molecule has 2 nitrogen and oxygen atoms in total. The maximum atomic E-state index is 5.50. The van der Waals surface area contributed by atoms with Crippen LogP contribution in [0, 0.1) is 0 Å². The third kappa shape index (κ3) is 3.17. The van der Waals surface area contributed by atoms with Crippen LogP contribution in [0.4, 0.5) is 0 Å². The van der Waals surface area contributed by atoms with Gasteiger partial charge in [0.25, 0.3) is 0 Å². The summed E-state index contributed by atoms with van der Waals surface area (Å²) in [6.07, 6.45) is 3.53. The maximum absolute atomic E-state index is 5.50. The third-order valence-electron chi connectivity index (χ3n) is 2.25. The smallest absolute Gasteiger partial charge is 0.0460 e. The van der Waals surface area contributed by atoms with E-state index in [1.807, 2.05) is 18.2 Å². The van der Waals surface area contributed by atoms with Crippen molar-refractivity contribution >= 4 is 0 Å². The number of hydrogen-bond acceptors (Lipinski definition) is 2. The summed E-state index contributed by atoms with van der Waals surface area (Å²) in [6.45, 7) is 2.19. The molecule has 0 bridgehead atoms. The summed E-state index contributed by atoms with van der Waals surface area (Å²) in [4.78, 5) is 0. The van der Waals surface area contributed by atoms with E-state index < -0.39 is 0 Å². The van der Waals surface area contributed by atoms with E-state index in [0.29, 0.717) is 6.04 Å². The summed E-state index contributed by atoms with van der Waals surface area (Å²) in [5, 5.41) is 0. The fourth-order valence-electron chi connectivity index (χ4n) is 1.44. The van der Waals surface area contributed by atoms with Crippen LogP contribution in [0.25, 0.3) is 0 Å². The van der Waals surface area contributed by atoms with Crippen LogP contribution in [0.15, 0.2) is 30.3 Å². The van der Waals surface area contributed by atoms with Gasteiger partial charge in [0.15, 0.2) is 0 Å². The van der Waals surface area contributed by atoms with Crippen LogP contribution in [0.5, 0.6) is 0 Å². The average molecular weight is 178 g/mol. The molecular formula is C11H18N2. The molecule has 0 aliphatic heterocycles. The minimum Gasteiger partial charge on any atom is -0.271 e. The average Bonchev–Trinajstić information content (AvgIpc) is 2.21. The van der Waals surface area contributed by atoms with Gasteiger partial charge in [0.2, 0.25) is 0 Å². The number of unbranched alkanes of at least 4 members (excludes halogenated alkanes) is 1. The van der Waals surface area contributed by atoms with E-state index in [2.05, 4.69) is 24.5 Å². The molecule has 13 heavy (non-hydrogen) atoms. The molecule has 1 rings (SSSR count). The third-order valence-corrected chi connectivity index (χ3v) is 2.25. The van der Waals surface area contributed by atoms with Gasteiger partial charge in [0.05, 0.1) is 0 Å². The summed E-state index contributed by atoms with van der Waals surface area (Å²) < 4.78 is 0. The van der Waals surface area contributed by atoms with Gasteiger partial charge in [-0.1, -0.05) is 50.1 Å². The lowest BCUT2D eigenvalue weighted by molar-refractivity contribution is 0.495. The highest BCUT2D eigenvalue weighted by molar-refractivity contribution is 5.18. The van der Waals surface area contributed by atoms with E-state index in [0.717, 1.165) is 6.42 Å². The molecule has 0 radical (unpaired) electrons. The van der Waals surface area contributed by atoms with Crippen molar-refractivity contribution in [3.05, 3.63) is 35.9 Å². The molecule has 0 saturated heterocycles. The van der Waals surface area contributed by atoms with Crippen molar-refractivity contribution in [3.8, 4) is 0 Å². The van der Waals surface area contributed by atoms with Gasteiger partial charge in [-0.2, -0.15) is 0 Å². The Morgan fingerprint density at radius 3 is 2.54 bits per heavy atom. The van der Waals surface area contributed by atoms with E-state index in [1.54, 1.807) is 0 Å². The van der Waals surface area contributed by atoms with E-state index in [1.165, 1.54) is 18.4 Å². The largest absolute Gasteiger partial charge is 0.271 e. The SMILES string of the molecule is CCCCC(NN)c1ccccc1. The molecule has 0 heterocycles. The second-order valence-electron chi connectivity index (χ2n) is 3.27. The van der Waals surface area contributed by atoms with Crippen LogP contribution < -0.4 is 11.3 Å². The second kappa shape index (κ2) is 5.73. The molecule has 1 atom stereocenters. The molecule has 0 aliphatic rings. The first kappa shape index (κ1) is 10.2. The van der Waals surface area contributed by atoms with Crippen LogP contribution in [-0.4, -0.2) is 0 Å². The van der Waals surface area contributed by atoms with Gasteiger partial charge < -0.3 is 0 Å². The van der Waals surface area contributed by atoms with E-state index in [4.69, 9.17) is 5.84 Å². The Kier molecular flexibility index (Phi) is 4.50. The number of nitrogens with one attached hydrogen (secondary N) is 1. The van der Waals surface area contributed by atoms with Crippen molar-refractivity contribution in [3.63, 3.8) is 0 Å². The van der Waals surface area contributed by atoms with Gasteiger partial charge in [-0.15, -0.1) is 0 Å². The van der Waals surface area contributed by atoms with Crippen molar-refractivity contribution in [2.24, 2.45) is 5.84 Å².